The van der Waals surface area contributed by atoms with E-state index in [2.05, 4.69) is 19.9 Å². The Morgan fingerprint density at radius 3 is 2.68 bits per heavy atom. The Morgan fingerprint density at radius 1 is 1.09 bits per heavy atom. The summed E-state index contributed by atoms with van der Waals surface area (Å²) in [5.74, 6) is -0.203. The molecule has 5 rings (SSSR count). The summed E-state index contributed by atoms with van der Waals surface area (Å²) in [4.78, 5) is 21.8. The molecule has 1 saturated heterocycles. The Balaban J connectivity index is 1.29. The van der Waals surface area contributed by atoms with Crippen molar-refractivity contribution in [3.05, 3.63) is 68.7 Å². The molecule has 0 spiro atoms. The van der Waals surface area contributed by atoms with Crippen LogP contribution in [0.4, 0.5) is 0 Å². The first kappa shape index (κ1) is 23.4. The Labute approximate surface area is 211 Å². The first-order chi connectivity index (χ1) is 16.5. The molecule has 176 valence electrons. The predicted octanol–water partition coefficient (Wildman–Crippen LogP) is 3.97. The number of carbonyl (C=O) groups excluding carboxylic acids is 1. The number of aliphatic hydroxyl groups excluding tert-OH is 1. The van der Waals surface area contributed by atoms with Gasteiger partial charge in [0.05, 0.1) is 29.8 Å². The van der Waals surface area contributed by atoms with Crippen LogP contribution in [-0.4, -0.2) is 75.1 Å². The summed E-state index contributed by atoms with van der Waals surface area (Å²) in [5, 5.41) is 16.6. The van der Waals surface area contributed by atoms with E-state index in [0.29, 0.717) is 28.0 Å². The van der Waals surface area contributed by atoms with Crippen molar-refractivity contribution in [2.45, 2.75) is 6.54 Å². The summed E-state index contributed by atoms with van der Waals surface area (Å²) in [6.45, 7) is 4.70. The van der Waals surface area contributed by atoms with Crippen molar-refractivity contribution in [2.24, 2.45) is 4.99 Å². The van der Waals surface area contributed by atoms with Gasteiger partial charge in [0.1, 0.15) is 0 Å². The third-order valence-electron chi connectivity index (χ3n) is 5.97. The van der Waals surface area contributed by atoms with E-state index < -0.39 is 0 Å². The van der Waals surface area contributed by atoms with E-state index in [1.165, 1.54) is 11.8 Å². The summed E-state index contributed by atoms with van der Waals surface area (Å²) in [6, 6.07) is 11.5. The molecule has 0 unspecified atom stereocenters. The van der Waals surface area contributed by atoms with Crippen LogP contribution in [0.2, 0.25) is 10.0 Å². The average molecular weight is 516 g/mol. The van der Waals surface area contributed by atoms with Crippen LogP contribution in [-0.2, 0) is 11.3 Å². The lowest BCUT2D eigenvalue weighted by atomic mass is 10.1. The van der Waals surface area contributed by atoms with Crippen LogP contribution >= 0.6 is 35.0 Å². The minimum atomic E-state index is -0.203. The van der Waals surface area contributed by atoms with Crippen LogP contribution in [0.5, 0.6) is 0 Å². The maximum Gasteiger partial charge on any atom is 0.286 e. The average Bonchev–Trinajstić information content (AvgIpc) is 3.39. The molecule has 34 heavy (non-hydrogen) atoms. The SMILES string of the molecule is O=C1N=C(N2CCN(CCO)CC2)S/C1=C\c1ccc2c(cnn2Cc2ccc(Cl)cc2Cl)c1. The van der Waals surface area contributed by atoms with Crippen LogP contribution in [0.3, 0.4) is 0 Å². The molecule has 3 heterocycles. The number of piperazine rings is 1. The highest BCUT2D eigenvalue weighted by molar-refractivity contribution is 8.18. The molecular weight excluding hydrogens is 493 g/mol. The van der Waals surface area contributed by atoms with E-state index in [0.717, 1.165) is 53.4 Å². The number of fused-ring (bicyclic) bond motifs is 1. The number of nitrogens with zero attached hydrogens (tertiary/aromatic N) is 5. The fourth-order valence-electron chi connectivity index (χ4n) is 4.12. The summed E-state index contributed by atoms with van der Waals surface area (Å²) in [6.07, 6.45) is 3.71. The van der Waals surface area contributed by atoms with E-state index in [9.17, 15) is 4.79 Å². The molecule has 0 atom stereocenters. The molecule has 0 bridgehead atoms. The number of halogens is 2. The number of aliphatic hydroxyl groups is 1. The first-order valence-electron chi connectivity index (χ1n) is 11.0. The predicted molar refractivity (Wildman–Crippen MR) is 138 cm³/mol. The zero-order chi connectivity index (χ0) is 23.7. The minimum Gasteiger partial charge on any atom is -0.395 e. The molecule has 2 aromatic carbocycles. The van der Waals surface area contributed by atoms with Crippen LogP contribution in [0.1, 0.15) is 11.1 Å². The molecule has 1 amide bonds. The van der Waals surface area contributed by atoms with Crippen molar-refractivity contribution in [3.63, 3.8) is 0 Å². The summed E-state index contributed by atoms with van der Waals surface area (Å²) in [5.41, 5.74) is 2.85. The van der Waals surface area contributed by atoms with E-state index in [4.69, 9.17) is 28.3 Å². The molecule has 0 radical (unpaired) electrons. The number of hydrogen-bond acceptors (Lipinski definition) is 6. The number of aliphatic imine (C=N–C) groups is 1. The third-order valence-corrected chi connectivity index (χ3v) is 7.60. The fraction of sp³-hybridized carbons (Fsp3) is 0.292. The molecule has 3 aromatic rings. The van der Waals surface area contributed by atoms with Gasteiger partial charge < -0.3 is 10.0 Å². The van der Waals surface area contributed by atoms with E-state index in [1.54, 1.807) is 6.07 Å². The van der Waals surface area contributed by atoms with Gasteiger partial charge in [-0.3, -0.25) is 14.4 Å². The maximum atomic E-state index is 12.5. The van der Waals surface area contributed by atoms with Gasteiger partial charge in [-0.2, -0.15) is 10.1 Å². The van der Waals surface area contributed by atoms with Crippen LogP contribution in [0.15, 0.2) is 52.5 Å². The second-order valence-corrected chi connectivity index (χ2v) is 10.1. The largest absolute Gasteiger partial charge is 0.395 e. The molecule has 2 aliphatic heterocycles. The normalized spacial score (nSPS) is 18.3. The number of rotatable bonds is 5. The van der Waals surface area contributed by atoms with Gasteiger partial charge in [-0.1, -0.05) is 35.3 Å². The lowest BCUT2D eigenvalue weighted by Gasteiger charge is -2.34. The number of β-amino-alcohol motifs (C(OH)–C–C–N with tert-alkyl or cyclic N) is 1. The highest BCUT2D eigenvalue weighted by Crippen LogP contribution is 2.31. The number of carbonyl (C=O) groups is 1. The van der Waals surface area contributed by atoms with Crippen molar-refractivity contribution in [1.29, 1.82) is 0 Å². The standard InChI is InChI=1S/C24H23Cl2N5O2S/c25-19-3-2-17(20(26)13-19)15-31-21-4-1-16(11-18(21)14-27-31)12-22-23(33)28-24(34-22)30-7-5-29(6-8-30)9-10-32/h1-4,11-14,32H,5-10,15H2/b22-12-. The molecule has 0 saturated carbocycles. The van der Waals surface area contributed by atoms with Gasteiger partial charge in [0.15, 0.2) is 5.17 Å². The third kappa shape index (κ3) is 5.01. The first-order valence-corrected chi connectivity index (χ1v) is 12.6. The summed E-state index contributed by atoms with van der Waals surface area (Å²) in [7, 11) is 0. The Morgan fingerprint density at radius 2 is 1.91 bits per heavy atom. The second kappa shape index (κ2) is 10.1. The van der Waals surface area contributed by atoms with E-state index >= 15 is 0 Å². The second-order valence-electron chi connectivity index (χ2n) is 8.22. The Hall–Kier alpha value is -2.36. The molecule has 0 aliphatic carbocycles. The number of amides is 1. The van der Waals surface area contributed by atoms with Gasteiger partial charge in [0.25, 0.3) is 5.91 Å². The molecule has 2 aliphatic rings. The van der Waals surface area contributed by atoms with Gasteiger partial charge in [0, 0.05) is 48.2 Å². The quantitative estimate of drug-likeness (QED) is 0.518. The number of hydrogen-bond donors (Lipinski definition) is 1. The van der Waals surface area contributed by atoms with Gasteiger partial charge >= 0.3 is 0 Å². The lowest BCUT2D eigenvalue weighted by molar-refractivity contribution is -0.113. The van der Waals surface area contributed by atoms with Gasteiger partial charge in [-0.15, -0.1) is 0 Å². The van der Waals surface area contributed by atoms with E-state index in [-0.39, 0.29) is 12.5 Å². The summed E-state index contributed by atoms with van der Waals surface area (Å²) >= 11 is 13.8. The highest BCUT2D eigenvalue weighted by atomic mass is 35.5. The molecule has 1 N–H and O–H groups in total. The van der Waals surface area contributed by atoms with Crippen LogP contribution in [0, 0.1) is 0 Å². The zero-order valence-electron chi connectivity index (χ0n) is 18.3. The highest BCUT2D eigenvalue weighted by Gasteiger charge is 2.28. The Kier molecular flexibility index (Phi) is 6.94. The lowest BCUT2D eigenvalue weighted by Crippen LogP contribution is -2.48. The molecule has 10 heteroatoms. The number of aromatic nitrogens is 2. The number of thioether (sulfide) groups is 1. The number of amidine groups is 1. The zero-order valence-corrected chi connectivity index (χ0v) is 20.7. The minimum absolute atomic E-state index is 0.166. The fourth-order valence-corrected chi connectivity index (χ4v) is 5.55. The topological polar surface area (TPSA) is 74.0 Å². The van der Waals surface area contributed by atoms with Gasteiger partial charge in [-0.25, -0.2) is 0 Å². The van der Waals surface area contributed by atoms with Gasteiger partial charge in [0.2, 0.25) is 0 Å². The summed E-state index contributed by atoms with van der Waals surface area (Å²) < 4.78 is 1.90. The number of benzene rings is 2. The maximum absolute atomic E-state index is 12.5. The van der Waals surface area contributed by atoms with Crippen molar-refractivity contribution in [2.75, 3.05) is 39.3 Å². The van der Waals surface area contributed by atoms with Gasteiger partial charge in [-0.05, 0) is 53.2 Å². The monoisotopic (exact) mass is 515 g/mol. The van der Waals surface area contributed by atoms with Crippen molar-refractivity contribution in [3.8, 4) is 0 Å². The van der Waals surface area contributed by atoms with Crippen molar-refractivity contribution in [1.82, 2.24) is 19.6 Å². The van der Waals surface area contributed by atoms with Crippen molar-refractivity contribution >= 4 is 63.0 Å². The molecule has 1 fully saturated rings. The molecule has 1 aromatic heterocycles. The molecular formula is C24H23Cl2N5O2S. The van der Waals surface area contributed by atoms with Crippen LogP contribution in [0.25, 0.3) is 17.0 Å². The van der Waals surface area contributed by atoms with Crippen LogP contribution < -0.4 is 0 Å². The molecule has 7 nitrogen and oxygen atoms in total. The smallest absolute Gasteiger partial charge is 0.286 e. The van der Waals surface area contributed by atoms with E-state index in [1.807, 2.05) is 47.3 Å². The Bertz CT molecular complexity index is 1300. The van der Waals surface area contributed by atoms with Crippen molar-refractivity contribution < 1.29 is 9.90 Å².